The van der Waals surface area contributed by atoms with Crippen LogP contribution in [0.5, 0.6) is 0 Å². The van der Waals surface area contributed by atoms with Crippen LogP contribution in [-0.2, 0) is 19.1 Å². The molecule has 0 bridgehead atoms. The van der Waals surface area contributed by atoms with Crippen LogP contribution in [0.3, 0.4) is 0 Å². The third-order valence-corrected chi connectivity index (χ3v) is 3.25. The monoisotopic (exact) mass is 285 g/mol. The highest BCUT2D eigenvalue weighted by atomic mass is 19.4. The Morgan fingerprint density at radius 3 is 2.50 bits per heavy atom. The fraction of sp³-hybridized carbons (Fsp3) is 0.308. The molecule has 3 rings (SSSR count). The van der Waals surface area contributed by atoms with Gasteiger partial charge in [-0.05, 0) is 24.3 Å². The molecule has 1 aliphatic heterocycles. The summed E-state index contributed by atoms with van der Waals surface area (Å²) in [5.74, 6) is -0.499. The van der Waals surface area contributed by atoms with Gasteiger partial charge in [-0.3, -0.25) is 0 Å². The van der Waals surface area contributed by atoms with Crippen LogP contribution in [0.2, 0.25) is 0 Å². The summed E-state index contributed by atoms with van der Waals surface area (Å²) in [5, 5.41) is 6.97. The van der Waals surface area contributed by atoms with Crippen molar-refractivity contribution in [2.75, 3.05) is 6.54 Å². The van der Waals surface area contributed by atoms with E-state index in [1.54, 1.807) is 0 Å². The summed E-state index contributed by atoms with van der Waals surface area (Å²) >= 11 is 0. The summed E-state index contributed by atoms with van der Waals surface area (Å²) in [5.41, 5.74) is 0.0351. The average Bonchev–Trinajstić information content (AvgIpc) is 2.78. The van der Waals surface area contributed by atoms with Gasteiger partial charge in [-0.1, -0.05) is 0 Å². The van der Waals surface area contributed by atoms with Gasteiger partial charge in [0.25, 0.3) is 0 Å². The molecule has 1 aliphatic rings. The zero-order valence-corrected chi connectivity index (χ0v) is 10.3. The number of alkyl halides is 3. The van der Waals surface area contributed by atoms with Crippen LogP contribution in [0.1, 0.15) is 17.0 Å². The van der Waals surface area contributed by atoms with Gasteiger partial charge >= 0.3 is 6.18 Å². The molecule has 0 atom stereocenters. The number of hydrogen-bond acceptors (Lipinski definition) is 2. The number of benzene rings is 1. The van der Waals surface area contributed by atoms with Gasteiger partial charge < -0.3 is 5.32 Å². The van der Waals surface area contributed by atoms with Crippen molar-refractivity contribution in [3.63, 3.8) is 0 Å². The van der Waals surface area contributed by atoms with Crippen LogP contribution in [0, 0.1) is 5.82 Å². The highest BCUT2D eigenvalue weighted by Crippen LogP contribution is 2.36. The molecular formula is C13H11F4N3. The molecule has 3 nitrogen and oxygen atoms in total. The van der Waals surface area contributed by atoms with Gasteiger partial charge in [0, 0.05) is 25.1 Å². The SMILES string of the molecule is Fc1ccc(-n2nc3c(c2C(F)(F)F)CNCC3)cc1. The lowest BCUT2D eigenvalue weighted by Crippen LogP contribution is -2.25. The van der Waals surface area contributed by atoms with Gasteiger partial charge in [-0.15, -0.1) is 0 Å². The van der Waals surface area contributed by atoms with Gasteiger partial charge in [0.15, 0.2) is 5.69 Å². The molecule has 0 saturated heterocycles. The van der Waals surface area contributed by atoms with E-state index >= 15 is 0 Å². The normalized spacial score (nSPS) is 15.2. The summed E-state index contributed by atoms with van der Waals surface area (Å²) in [6.45, 7) is 0.746. The summed E-state index contributed by atoms with van der Waals surface area (Å²) in [7, 11) is 0. The molecule has 1 N–H and O–H groups in total. The molecule has 2 aromatic rings. The number of hydrogen-bond donors (Lipinski definition) is 1. The van der Waals surface area contributed by atoms with E-state index in [-0.39, 0.29) is 17.8 Å². The molecule has 0 unspecified atom stereocenters. The minimum absolute atomic E-state index is 0.144. The number of aromatic nitrogens is 2. The summed E-state index contributed by atoms with van der Waals surface area (Å²) in [4.78, 5) is 0. The van der Waals surface area contributed by atoms with Gasteiger partial charge in [0.1, 0.15) is 5.82 Å². The van der Waals surface area contributed by atoms with E-state index in [9.17, 15) is 17.6 Å². The minimum Gasteiger partial charge on any atom is -0.312 e. The largest absolute Gasteiger partial charge is 0.433 e. The van der Waals surface area contributed by atoms with Crippen molar-refractivity contribution in [3.05, 3.63) is 47.0 Å². The molecule has 0 spiro atoms. The van der Waals surface area contributed by atoms with Gasteiger partial charge in [-0.2, -0.15) is 18.3 Å². The van der Waals surface area contributed by atoms with Crippen LogP contribution in [-0.4, -0.2) is 16.3 Å². The third kappa shape index (κ3) is 2.18. The summed E-state index contributed by atoms with van der Waals surface area (Å²) in [6, 6.07) is 4.82. The number of halogens is 4. The van der Waals surface area contributed by atoms with Crippen LogP contribution in [0.4, 0.5) is 17.6 Å². The fourth-order valence-electron chi connectivity index (χ4n) is 2.36. The number of nitrogens with one attached hydrogen (secondary N) is 1. The maximum atomic E-state index is 13.3. The standard InChI is InChI=1S/C13H11F4N3/c14-8-1-3-9(4-2-8)20-12(13(15,16)17)10-7-18-6-5-11(10)19-20/h1-4,18H,5-7H2. The Hall–Kier alpha value is -1.89. The van der Waals surface area contributed by atoms with Gasteiger partial charge in [-0.25, -0.2) is 9.07 Å². The van der Waals surface area contributed by atoms with E-state index in [4.69, 9.17) is 0 Å². The first-order valence-corrected chi connectivity index (χ1v) is 6.11. The fourth-order valence-corrected chi connectivity index (χ4v) is 2.36. The predicted molar refractivity (Wildman–Crippen MR) is 63.9 cm³/mol. The predicted octanol–water partition coefficient (Wildman–Crippen LogP) is 2.68. The Labute approximate surface area is 112 Å². The number of fused-ring (bicyclic) bond motifs is 1. The Morgan fingerprint density at radius 1 is 1.15 bits per heavy atom. The van der Waals surface area contributed by atoms with E-state index in [0.717, 1.165) is 16.8 Å². The molecule has 106 valence electrons. The highest BCUT2D eigenvalue weighted by molar-refractivity contribution is 5.40. The highest BCUT2D eigenvalue weighted by Gasteiger charge is 2.40. The zero-order valence-electron chi connectivity index (χ0n) is 10.3. The van der Waals surface area contributed by atoms with E-state index in [0.29, 0.717) is 18.7 Å². The summed E-state index contributed by atoms with van der Waals surface area (Å²) in [6.07, 6.45) is -4.05. The molecule has 1 aromatic carbocycles. The molecule has 7 heteroatoms. The van der Waals surface area contributed by atoms with Crippen molar-refractivity contribution in [1.29, 1.82) is 0 Å². The Morgan fingerprint density at radius 2 is 1.85 bits per heavy atom. The molecule has 2 heterocycles. The first-order valence-electron chi connectivity index (χ1n) is 6.11. The Balaban J connectivity index is 2.19. The van der Waals surface area contributed by atoms with Crippen molar-refractivity contribution in [1.82, 2.24) is 15.1 Å². The topological polar surface area (TPSA) is 29.9 Å². The first-order chi connectivity index (χ1) is 9.47. The molecule has 0 amide bonds. The van der Waals surface area contributed by atoms with Crippen molar-refractivity contribution in [3.8, 4) is 5.69 Å². The first kappa shape index (κ1) is 13.1. The van der Waals surface area contributed by atoms with E-state index in [1.807, 2.05) is 0 Å². The van der Waals surface area contributed by atoms with Crippen molar-refractivity contribution >= 4 is 0 Å². The lowest BCUT2D eigenvalue weighted by Gasteiger charge is -2.15. The average molecular weight is 285 g/mol. The number of rotatable bonds is 1. The van der Waals surface area contributed by atoms with Crippen molar-refractivity contribution in [2.24, 2.45) is 0 Å². The summed E-state index contributed by atoms with van der Waals surface area (Å²) < 4.78 is 53.6. The second-order valence-corrected chi connectivity index (χ2v) is 4.59. The van der Waals surface area contributed by atoms with Crippen molar-refractivity contribution in [2.45, 2.75) is 19.1 Å². The molecular weight excluding hydrogens is 274 g/mol. The molecule has 20 heavy (non-hydrogen) atoms. The zero-order chi connectivity index (χ0) is 14.3. The van der Waals surface area contributed by atoms with Gasteiger partial charge in [0.05, 0.1) is 11.4 Å². The Bertz CT molecular complexity index is 628. The van der Waals surface area contributed by atoms with E-state index < -0.39 is 17.7 Å². The Kier molecular flexibility index (Phi) is 3.01. The van der Waals surface area contributed by atoms with E-state index in [1.165, 1.54) is 12.1 Å². The molecule has 0 aliphatic carbocycles. The van der Waals surface area contributed by atoms with Crippen molar-refractivity contribution < 1.29 is 17.6 Å². The molecule has 0 saturated carbocycles. The van der Waals surface area contributed by atoms with Crippen LogP contribution in [0.25, 0.3) is 5.69 Å². The maximum Gasteiger partial charge on any atom is 0.433 e. The van der Waals surface area contributed by atoms with Crippen LogP contribution < -0.4 is 5.32 Å². The quantitative estimate of drug-likeness (QED) is 0.816. The maximum absolute atomic E-state index is 13.3. The minimum atomic E-state index is -4.51. The van der Waals surface area contributed by atoms with Crippen LogP contribution in [0.15, 0.2) is 24.3 Å². The second kappa shape index (κ2) is 4.59. The van der Waals surface area contributed by atoms with Crippen LogP contribution >= 0.6 is 0 Å². The molecule has 1 aromatic heterocycles. The smallest absolute Gasteiger partial charge is 0.312 e. The lowest BCUT2D eigenvalue weighted by atomic mass is 10.1. The number of nitrogens with zero attached hydrogens (tertiary/aromatic N) is 2. The molecule has 0 radical (unpaired) electrons. The van der Waals surface area contributed by atoms with Gasteiger partial charge in [0.2, 0.25) is 0 Å². The lowest BCUT2D eigenvalue weighted by molar-refractivity contribution is -0.143. The molecule has 0 fully saturated rings. The third-order valence-electron chi connectivity index (χ3n) is 3.25. The van der Waals surface area contributed by atoms with E-state index in [2.05, 4.69) is 10.4 Å². The second-order valence-electron chi connectivity index (χ2n) is 4.59.